The van der Waals surface area contributed by atoms with Crippen molar-refractivity contribution in [3.8, 4) is 0 Å². The molecule has 2 nitrogen and oxygen atoms in total. The molecule has 0 atom stereocenters. The Kier molecular flexibility index (Phi) is 8.30. The number of anilines is 2. The molecule has 0 aromatic heterocycles. The first-order valence-electron chi connectivity index (χ1n) is 7.17. The second-order valence-electron chi connectivity index (χ2n) is 4.41. The lowest BCUT2D eigenvalue weighted by Crippen LogP contribution is -1.95. The van der Waals surface area contributed by atoms with Gasteiger partial charge in [0.25, 0.3) is 0 Å². The van der Waals surface area contributed by atoms with E-state index in [0.29, 0.717) is 0 Å². The van der Waals surface area contributed by atoms with Gasteiger partial charge in [-0.05, 0) is 104 Å². The predicted molar refractivity (Wildman–Crippen MR) is 108 cm³/mol. The van der Waals surface area contributed by atoms with Crippen molar-refractivity contribution in [2.75, 3.05) is 23.7 Å². The summed E-state index contributed by atoms with van der Waals surface area (Å²) in [5, 5.41) is 6.61. The minimum Gasteiger partial charge on any atom is -0.385 e. The van der Waals surface area contributed by atoms with E-state index in [4.69, 9.17) is 0 Å². The summed E-state index contributed by atoms with van der Waals surface area (Å²) < 4.78 is 0. The number of hydrogen-bond donors (Lipinski definition) is 2. The summed E-state index contributed by atoms with van der Waals surface area (Å²) in [6, 6.07) is 17.1. The van der Waals surface area contributed by atoms with Crippen molar-refractivity contribution >= 4 is 52.6 Å². The summed E-state index contributed by atoms with van der Waals surface area (Å²) in [7, 11) is 7.18. The van der Waals surface area contributed by atoms with Crippen LogP contribution < -0.4 is 10.6 Å². The van der Waals surface area contributed by atoms with Gasteiger partial charge in [0.2, 0.25) is 0 Å². The van der Waals surface area contributed by atoms with Gasteiger partial charge in [-0.3, -0.25) is 0 Å². The van der Waals surface area contributed by atoms with Crippen LogP contribution in [0, 0.1) is 0 Å². The van der Waals surface area contributed by atoms with E-state index >= 15 is 0 Å². The Balaban J connectivity index is 1.70. The zero-order chi connectivity index (χ0) is 15.6. The lowest BCUT2D eigenvalue weighted by atomic mass is 10.3. The summed E-state index contributed by atoms with van der Waals surface area (Å²) in [5.74, 6) is 0. The molecule has 2 aromatic carbocycles. The van der Waals surface area contributed by atoms with Crippen molar-refractivity contribution < 1.29 is 0 Å². The van der Waals surface area contributed by atoms with Crippen molar-refractivity contribution in [2.24, 2.45) is 0 Å². The Labute approximate surface area is 148 Å². The second-order valence-corrected chi connectivity index (χ2v) is 10.2. The molecular weight excluding hydrogens is 348 g/mol. The summed E-state index contributed by atoms with van der Waals surface area (Å²) in [6.07, 6.45) is 0. The lowest BCUT2D eigenvalue weighted by molar-refractivity contribution is 1.21. The number of benzene rings is 2. The summed E-state index contributed by atoms with van der Waals surface area (Å²) in [6.45, 7) is 6.13. The molecule has 0 fully saturated rings. The first kappa shape index (κ1) is 17.8. The summed E-state index contributed by atoms with van der Waals surface area (Å²) in [5.41, 5.74) is 2.36. The fourth-order valence-corrected chi connectivity index (χ4v) is 7.20. The highest BCUT2D eigenvalue weighted by molar-refractivity contribution is 9.26. The first-order valence-corrected chi connectivity index (χ1v) is 12.0. The summed E-state index contributed by atoms with van der Waals surface area (Å²) in [4.78, 5) is 2.56. The van der Waals surface area contributed by atoms with Gasteiger partial charge >= 0.3 is 0 Å². The van der Waals surface area contributed by atoms with Crippen LogP contribution in [0.25, 0.3) is 0 Å². The van der Waals surface area contributed by atoms with Gasteiger partial charge in [0, 0.05) is 34.3 Å². The van der Waals surface area contributed by atoms with Crippen LogP contribution in [0.2, 0.25) is 0 Å². The molecule has 0 aliphatic heterocycles. The zero-order valence-corrected chi connectivity index (χ0v) is 15.9. The number of rotatable bonds is 9. The molecule has 2 aromatic rings. The quantitative estimate of drug-likeness (QED) is 0.380. The monoisotopic (exact) mass is 368 g/mol. The van der Waals surface area contributed by atoms with Gasteiger partial charge in [-0.1, -0.05) is 0 Å². The van der Waals surface area contributed by atoms with Crippen molar-refractivity contribution in [3.63, 3.8) is 0 Å². The normalized spacial score (nSPS) is 10.5. The maximum Gasteiger partial charge on any atom is 0.0340 e. The van der Waals surface area contributed by atoms with E-state index in [2.05, 4.69) is 73.0 Å². The van der Waals surface area contributed by atoms with E-state index in [1.54, 1.807) is 41.2 Å². The molecule has 0 saturated heterocycles. The maximum atomic E-state index is 3.31. The first-order chi connectivity index (χ1) is 10.8. The molecule has 0 heterocycles. The molecule has 0 amide bonds. The smallest absolute Gasteiger partial charge is 0.0340 e. The summed E-state index contributed by atoms with van der Waals surface area (Å²) >= 11 is 0. The highest BCUT2D eigenvalue weighted by Crippen LogP contribution is 2.49. The van der Waals surface area contributed by atoms with Crippen LogP contribution in [-0.4, -0.2) is 13.1 Å². The Morgan fingerprint density at radius 2 is 1.00 bits per heavy atom. The maximum absolute atomic E-state index is 3.31. The van der Waals surface area contributed by atoms with Crippen LogP contribution >= 0.6 is 41.2 Å². The van der Waals surface area contributed by atoms with E-state index in [1.807, 2.05) is 0 Å². The van der Waals surface area contributed by atoms with Gasteiger partial charge in [0.05, 0.1) is 0 Å². The zero-order valence-electron chi connectivity index (χ0n) is 12.7. The predicted octanol–water partition coefficient (Wildman–Crippen LogP) is 6.65. The Bertz CT molecular complexity index is 492. The molecular formula is C16H20N2S4. The molecule has 0 aliphatic rings. The average Bonchev–Trinajstić information content (AvgIpc) is 2.55. The van der Waals surface area contributed by atoms with Gasteiger partial charge < -0.3 is 10.6 Å². The van der Waals surface area contributed by atoms with E-state index in [-0.39, 0.29) is 0 Å². The van der Waals surface area contributed by atoms with Crippen molar-refractivity contribution in [1.82, 2.24) is 0 Å². The minimum absolute atomic E-state index is 0.959. The van der Waals surface area contributed by atoms with Gasteiger partial charge in [-0.15, -0.1) is 0 Å². The molecule has 6 heteroatoms. The Morgan fingerprint density at radius 1 is 0.636 bits per heavy atom. The van der Waals surface area contributed by atoms with Gasteiger partial charge in [-0.25, -0.2) is 0 Å². The van der Waals surface area contributed by atoms with Gasteiger partial charge in [0.1, 0.15) is 0 Å². The third-order valence-corrected chi connectivity index (χ3v) is 8.83. The molecule has 22 heavy (non-hydrogen) atoms. The third-order valence-electron chi connectivity index (χ3n) is 2.76. The van der Waals surface area contributed by atoms with Crippen molar-refractivity contribution in [3.05, 3.63) is 48.5 Å². The molecule has 0 spiro atoms. The lowest BCUT2D eigenvalue weighted by Gasteiger charge is -2.05. The van der Waals surface area contributed by atoms with Gasteiger partial charge in [-0.2, -0.15) is 0 Å². The van der Waals surface area contributed by atoms with Crippen LogP contribution in [0.3, 0.4) is 0 Å². The van der Waals surface area contributed by atoms with Crippen molar-refractivity contribution in [2.45, 2.75) is 23.6 Å². The minimum atomic E-state index is 0.959. The molecule has 0 aliphatic carbocycles. The molecule has 2 N–H and O–H groups in total. The molecule has 0 radical (unpaired) electrons. The van der Waals surface area contributed by atoms with E-state index in [9.17, 15) is 0 Å². The van der Waals surface area contributed by atoms with E-state index < -0.39 is 0 Å². The van der Waals surface area contributed by atoms with Crippen LogP contribution in [0.1, 0.15) is 13.8 Å². The highest BCUT2D eigenvalue weighted by Gasteiger charge is 1.99. The fraction of sp³-hybridized carbons (Fsp3) is 0.250. The third kappa shape index (κ3) is 6.28. The molecule has 2 rings (SSSR count). The number of nitrogens with one attached hydrogen (secondary N) is 2. The van der Waals surface area contributed by atoms with Crippen LogP contribution in [0.15, 0.2) is 58.3 Å². The van der Waals surface area contributed by atoms with Crippen LogP contribution in [0.5, 0.6) is 0 Å². The Hall–Kier alpha value is -0.560. The average molecular weight is 369 g/mol. The largest absolute Gasteiger partial charge is 0.385 e. The second kappa shape index (κ2) is 10.3. The topological polar surface area (TPSA) is 24.1 Å². The van der Waals surface area contributed by atoms with E-state index in [1.165, 1.54) is 21.2 Å². The molecule has 118 valence electrons. The van der Waals surface area contributed by atoms with Crippen molar-refractivity contribution in [1.29, 1.82) is 0 Å². The molecule has 0 unspecified atom stereocenters. The van der Waals surface area contributed by atoms with Crippen LogP contribution in [0.4, 0.5) is 11.4 Å². The Morgan fingerprint density at radius 3 is 1.32 bits per heavy atom. The highest BCUT2D eigenvalue weighted by atomic mass is 33.7. The van der Waals surface area contributed by atoms with Crippen LogP contribution in [-0.2, 0) is 0 Å². The molecule has 0 saturated carbocycles. The SMILES string of the molecule is CCNc1ccc(SSSSc2ccc(NCC)cc2)cc1. The van der Waals surface area contributed by atoms with E-state index in [0.717, 1.165) is 13.1 Å². The number of hydrogen-bond acceptors (Lipinski definition) is 6. The molecule has 0 bridgehead atoms. The fourth-order valence-electron chi connectivity index (χ4n) is 1.77. The standard InChI is InChI=1S/C16H20N2S4/c1-3-17-13-5-9-15(10-6-13)19-21-22-20-16-11-7-14(8-12-16)18-4-2/h5-12,17-18H,3-4H2,1-2H3. The van der Waals surface area contributed by atoms with Gasteiger partial charge in [0.15, 0.2) is 0 Å².